The van der Waals surface area contributed by atoms with E-state index in [2.05, 4.69) is 12.2 Å². The molecule has 15 heavy (non-hydrogen) atoms. The van der Waals surface area contributed by atoms with Crippen molar-refractivity contribution in [3.63, 3.8) is 0 Å². The molecule has 4 heteroatoms. The second-order valence-corrected chi connectivity index (χ2v) is 4.72. The Labute approximate surface area is 91.0 Å². The topological polar surface area (TPSA) is 41.6 Å². The summed E-state index contributed by atoms with van der Waals surface area (Å²) < 4.78 is 5.44. The first-order valence-corrected chi connectivity index (χ1v) is 5.80. The van der Waals surface area contributed by atoms with Gasteiger partial charge >= 0.3 is 0 Å². The zero-order valence-corrected chi connectivity index (χ0v) is 9.53. The third-order valence-corrected chi connectivity index (χ3v) is 3.23. The van der Waals surface area contributed by atoms with Gasteiger partial charge < -0.3 is 15.0 Å². The summed E-state index contributed by atoms with van der Waals surface area (Å²) in [6, 6.07) is 0.419. The van der Waals surface area contributed by atoms with Gasteiger partial charge in [0.15, 0.2) is 0 Å². The molecule has 0 aromatic rings. The summed E-state index contributed by atoms with van der Waals surface area (Å²) in [6.07, 6.45) is 1.14. The van der Waals surface area contributed by atoms with Gasteiger partial charge in [-0.3, -0.25) is 4.79 Å². The molecule has 2 heterocycles. The van der Waals surface area contributed by atoms with Crippen molar-refractivity contribution >= 4 is 5.91 Å². The highest BCUT2D eigenvalue weighted by Gasteiger charge is 2.32. The summed E-state index contributed by atoms with van der Waals surface area (Å²) in [5.41, 5.74) is 0. The van der Waals surface area contributed by atoms with Crippen LogP contribution in [0.15, 0.2) is 0 Å². The molecule has 1 N–H and O–H groups in total. The van der Waals surface area contributed by atoms with Crippen molar-refractivity contribution in [3.05, 3.63) is 0 Å². The Hall–Kier alpha value is -0.610. The molecule has 1 amide bonds. The number of carbonyl (C=O) groups excluding carboxylic acids is 1. The fourth-order valence-corrected chi connectivity index (χ4v) is 2.38. The lowest BCUT2D eigenvalue weighted by Gasteiger charge is -2.33. The molecule has 2 fully saturated rings. The molecule has 2 unspecified atom stereocenters. The standard InChI is InChI=1S/C11H20N2O2/c1-8-6-13(4-3-12-8)11(14)10-5-9(2)15-7-10/h8-10,12H,3-7H2,1-2H3/t8-,9?,10?/m1/s1. The van der Waals surface area contributed by atoms with Crippen LogP contribution < -0.4 is 5.32 Å². The number of hydrogen-bond acceptors (Lipinski definition) is 3. The van der Waals surface area contributed by atoms with Gasteiger partial charge in [-0.2, -0.15) is 0 Å². The number of nitrogens with one attached hydrogen (secondary N) is 1. The molecule has 0 spiro atoms. The maximum absolute atomic E-state index is 12.1. The zero-order valence-electron chi connectivity index (χ0n) is 9.53. The molecule has 0 saturated carbocycles. The maximum atomic E-state index is 12.1. The fraction of sp³-hybridized carbons (Fsp3) is 0.909. The molecule has 0 bridgehead atoms. The Balaban J connectivity index is 1.89. The summed E-state index contributed by atoms with van der Waals surface area (Å²) >= 11 is 0. The average molecular weight is 212 g/mol. The predicted octanol–water partition coefficient (Wildman–Crippen LogP) is 0.232. The highest BCUT2D eigenvalue weighted by molar-refractivity contribution is 5.79. The van der Waals surface area contributed by atoms with Crippen LogP contribution in [0.1, 0.15) is 20.3 Å². The van der Waals surface area contributed by atoms with Crippen LogP contribution in [0.4, 0.5) is 0 Å². The molecular formula is C11H20N2O2. The quantitative estimate of drug-likeness (QED) is 0.676. The summed E-state index contributed by atoms with van der Waals surface area (Å²) in [6.45, 7) is 7.35. The van der Waals surface area contributed by atoms with Gasteiger partial charge in [-0.25, -0.2) is 0 Å². The molecule has 0 aromatic carbocycles. The van der Waals surface area contributed by atoms with Crippen LogP contribution in [0.2, 0.25) is 0 Å². The van der Waals surface area contributed by atoms with Gasteiger partial charge in [-0.05, 0) is 20.3 Å². The molecule has 0 aromatic heterocycles. The van der Waals surface area contributed by atoms with Gasteiger partial charge in [-0.15, -0.1) is 0 Å². The Kier molecular flexibility index (Phi) is 3.26. The zero-order chi connectivity index (χ0) is 10.8. The van der Waals surface area contributed by atoms with Crippen LogP contribution in [0, 0.1) is 5.92 Å². The van der Waals surface area contributed by atoms with E-state index in [1.165, 1.54) is 0 Å². The van der Waals surface area contributed by atoms with E-state index in [0.717, 1.165) is 26.1 Å². The monoisotopic (exact) mass is 212 g/mol. The van der Waals surface area contributed by atoms with Crippen molar-refractivity contribution in [2.45, 2.75) is 32.4 Å². The van der Waals surface area contributed by atoms with Crippen molar-refractivity contribution in [2.75, 3.05) is 26.2 Å². The van der Waals surface area contributed by atoms with E-state index >= 15 is 0 Å². The first-order chi connectivity index (χ1) is 7.16. The molecule has 0 radical (unpaired) electrons. The lowest BCUT2D eigenvalue weighted by Crippen LogP contribution is -2.52. The Morgan fingerprint density at radius 3 is 2.87 bits per heavy atom. The largest absolute Gasteiger partial charge is 0.378 e. The van der Waals surface area contributed by atoms with Crippen molar-refractivity contribution < 1.29 is 9.53 Å². The number of piperazine rings is 1. The van der Waals surface area contributed by atoms with Gasteiger partial charge in [0.2, 0.25) is 5.91 Å². The molecule has 2 rings (SSSR count). The third kappa shape index (κ3) is 2.49. The van der Waals surface area contributed by atoms with Crippen LogP contribution in [-0.4, -0.2) is 49.2 Å². The van der Waals surface area contributed by atoms with E-state index in [4.69, 9.17) is 4.74 Å². The molecular weight excluding hydrogens is 192 g/mol. The SMILES string of the molecule is CC1CC(C(=O)N2CCN[C@H](C)C2)CO1. The van der Waals surface area contributed by atoms with Gasteiger partial charge in [0, 0.05) is 25.7 Å². The second kappa shape index (κ2) is 4.49. The van der Waals surface area contributed by atoms with Crippen LogP contribution in [0.25, 0.3) is 0 Å². The summed E-state index contributed by atoms with van der Waals surface area (Å²) in [4.78, 5) is 14.1. The van der Waals surface area contributed by atoms with E-state index < -0.39 is 0 Å². The number of amides is 1. The van der Waals surface area contributed by atoms with E-state index in [-0.39, 0.29) is 17.9 Å². The number of ether oxygens (including phenoxy) is 1. The molecule has 4 nitrogen and oxygen atoms in total. The van der Waals surface area contributed by atoms with Gasteiger partial charge in [0.05, 0.1) is 18.6 Å². The highest BCUT2D eigenvalue weighted by Crippen LogP contribution is 2.21. The minimum atomic E-state index is 0.102. The van der Waals surface area contributed by atoms with E-state index in [9.17, 15) is 4.79 Å². The normalized spacial score (nSPS) is 36.9. The van der Waals surface area contributed by atoms with Gasteiger partial charge in [0.1, 0.15) is 0 Å². The first kappa shape index (κ1) is 10.9. The number of carbonyl (C=O) groups is 1. The van der Waals surface area contributed by atoms with Crippen LogP contribution >= 0.6 is 0 Å². The first-order valence-electron chi connectivity index (χ1n) is 5.80. The minimum Gasteiger partial charge on any atom is -0.378 e. The Morgan fingerprint density at radius 2 is 2.27 bits per heavy atom. The second-order valence-electron chi connectivity index (χ2n) is 4.72. The number of rotatable bonds is 1. The predicted molar refractivity (Wildman–Crippen MR) is 57.6 cm³/mol. The fourth-order valence-electron chi connectivity index (χ4n) is 2.38. The Morgan fingerprint density at radius 1 is 1.47 bits per heavy atom. The lowest BCUT2D eigenvalue weighted by molar-refractivity contribution is -0.136. The van der Waals surface area contributed by atoms with Crippen molar-refractivity contribution in [1.29, 1.82) is 0 Å². The molecule has 2 saturated heterocycles. The van der Waals surface area contributed by atoms with Gasteiger partial charge in [0.25, 0.3) is 0 Å². The summed E-state index contributed by atoms with van der Waals surface area (Å²) in [5, 5.41) is 3.34. The van der Waals surface area contributed by atoms with E-state index in [0.29, 0.717) is 12.6 Å². The molecule has 86 valence electrons. The number of nitrogens with zero attached hydrogens (tertiary/aromatic N) is 1. The smallest absolute Gasteiger partial charge is 0.228 e. The number of hydrogen-bond donors (Lipinski definition) is 1. The molecule has 2 aliphatic heterocycles. The molecule has 0 aliphatic carbocycles. The summed E-state index contributed by atoms with van der Waals surface area (Å²) in [5.74, 6) is 0.387. The van der Waals surface area contributed by atoms with Crippen LogP contribution in [-0.2, 0) is 9.53 Å². The lowest BCUT2D eigenvalue weighted by atomic mass is 10.0. The minimum absolute atomic E-state index is 0.102. The van der Waals surface area contributed by atoms with Gasteiger partial charge in [-0.1, -0.05) is 0 Å². The van der Waals surface area contributed by atoms with Crippen molar-refractivity contribution in [2.24, 2.45) is 5.92 Å². The van der Waals surface area contributed by atoms with Crippen LogP contribution in [0.3, 0.4) is 0 Å². The van der Waals surface area contributed by atoms with E-state index in [1.54, 1.807) is 0 Å². The Bertz CT molecular complexity index is 245. The highest BCUT2D eigenvalue weighted by atomic mass is 16.5. The van der Waals surface area contributed by atoms with Crippen LogP contribution in [0.5, 0.6) is 0 Å². The third-order valence-electron chi connectivity index (χ3n) is 3.23. The molecule has 3 atom stereocenters. The van der Waals surface area contributed by atoms with Crippen molar-refractivity contribution in [1.82, 2.24) is 10.2 Å². The van der Waals surface area contributed by atoms with E-state index in [1.807, 2.05) is 11.8 Å². The molecule has 2 aliphatic rings. The average Bonchev–Trinajstić information content (AvgIpc) is 2.64. The maximum Gasteiger partial charge on any atom is 0.228 e. The van der Waals surface area contributed by atoms with Crippen molar-refractivity contribution in [3.8, 4) is 0 Å². The summed E-state index contributed by atoms with van der Waals surface area (Å²) in [7, 11) is 0.